The molecule has 0 fully saturated rings. The standard InChI is InChI=1S/C15H26ClNOS/c1-5-10-17-13(15(6-2,7-3)18-4)11-12-8-9-14(16)19-12/h8-9,13,17H,5-7,10-11H2,1-4H3. The number of halogens is 1. The first-order chi connectivity index (χ1) is 9.11. The Kier molecular flexibility index (Phi) is 7.37. The van der Waals surface area contributed by atoms with E-state index in [9.17, 15) is 0 Å². The van der Waals surface area contributed by atoms with Crippen LogP contribution < -0.4 is 5.32 Å². The molecule has 19 heavy (non-hydrogen) atoms. The molecule has 0 amide bonds. The Morgan fingerprint density at radius 1 is 1.32 bits per heavy atom. The molecule has 4 heteroatoms. The zero-order chi connectivity index (χ0) is 14.3. The lowest BCUT2D eigenvalue weighted by Gasteiger charge is -2.39. The zero-order valence-electron chi connectivity index (χ0n) is 12.5. The third-order valence-corrected chi connectivity index (χ3v) is 5.17. The highest BCUT2D eigenvalue weighted by molar-refractivity contribution is 7.16. The van der Waals surface area contributed by atoms with Crippen LogP contribution in [0.3, 0.4) is 0 Å². The Morgan fingerprint density at radius 3 is 2.42 bits per heavy atom. The van der Waals surface area contributed by atoms with Crippen LogP contribution >= 0.6 is 22.9 Å². The first-order valence-corrected chi connectivity index (χ1v) is 8.34. The van der Waals surface area contributed by atoms with Gasteiger partial charge in [0.1, 0.15) is 0 Å². The van der Waals surface area contributed by atoms with Gasteiger partial charge in [0.15, 0.2) is 0 Å². The van der Waals surface area contributed by atoms with Crippen LogP contribution in [0, 0.1) is 0 Å². The minimum Gasteiger partial charge on any atom is -0.377 e. The van der Waals surface area contributed by atoms with Gasteiger partial charge in [0.05, 0.1) is 9.94 Å². The Balaban J connectivity index is 2.86. The molecule has 0 aliphatic carbocycles. The van der Waals surface area contributed by atoms with E-state index in [1.165, 1.54) is 4.88 Å². The van der Waals surface area contributed by atoms with Gasteiger partial charge in [0, 0.05) is 18.0 Å². The number of hydrogen-bond acceptors (Lipinski definition) is 3. The number of thiophene rings is 1. The zero-order valence-corrected chi connectivity index (χ0v) is 14.0. The summed E-state index contributed by atoms with van der Waals surface area (Å²) in [6.07, 6.45) is 4.14. The summed E-state index contributed by atoms with van der Waals surface area (Å²) < 4.78 is 6.74. The van der Waals surface area contributed by atoms with Crippen molar-refractivity contribution in [3.05, 3.63) is 21.3 Å². The molecule has 0 radical (unpaired) electrons. The first-order valence-electron chi connectivity index (χ1n) is 7.14. The van der Waals surface area contributed by atoms with Crippen molar-refractivity contribution in [2.75, 3.05) is 13.7 Å². The molecule has 0 aliphatic rings. The van der Waals surface area contributed by atoms with E-state index in [0.29, 0.717) is 6.04 Å². The predicted molar refractivity (Wildman–Crippen MR) is 85.4 cm³/mol. The normalized spacial score (nSPS) is 13.7. The maximum atomic E-state index is 6.03. The quantitative estimate of drug-likeness (QED) is 0.724. The van der Waals surface area contributed by atoms with Crippen LogP contribution in [0.2, 0.25) is 4.34 Å². The molecule has 0 saturated heterocycles. The SMILES string of the molecule is CCCNC(Cc1ccc(Cl)s1)C(CC)(CC)OC. The molecule has 1 aromatic rings. The summed E-state index contributed by atoms with van der Waals surface area (Å²) in [5.41, 5.74) is -0.0916. The van der Waals surface area contributed by atoms with E-state index >= 15 is 0 Å². The highest BCUT2D eigenvalue weighted by atomic mass is 35.5. The van der Waals surface area contributed by atoms with E-state index in [4.69, 9.17) is 16.3 Å². The average Bonchev–Trinajstić information content (AvgIpc) is 2.83. The van der Waals surface area contributed by atoms with Crippen molar-refractivity contribution in [3.63, 3.8) is 0 Å². The predicted octanol–water partition coefficient (Wildman–Crippen LogP) is 4.52. The highest BCUT2D eigenvalue weighted by Gasteiger charge is 2.35. The first kappa shape index (κ1) is 17.0. The number of hydrogen-bond donors (Lipinski definition) is 1. The smallest absolute Gasteiger partial charge is 0.0931 e. The van der Waals surface area contributed by atoms with Crippen molar-refractivity contribution in [1.82, 2.24) is 5.32 Å². The maximum Gasteiger partial charge on any atom is 0.0931 e. The van der Waals surface area contributed by atoms with Gasteiger partial charge in [-0.3, -0.25) is 0 Å². The number of nitrogens with one attached hydrogen (secondary N) is 1. The fraction of sp³-hybridized carbons (Fsp3) is 0.733. The Morgan fingerprint density at radius 2 is 2.00 bits per heavy atom. The molecule has 1 atom stereocenters. The van der Waals surface area contributed by atoms with Gasteiger partial charge in [-0.2, -0.15) is 0 Å². The van der Waals surface area contributed by atoms with Gasteiger partial charge in [-0.05, 0) is 44.4 Å². The molecule has 0 bridgehead atoms. The van der Waals surface area contributed by atoms with Gasteiger partial charge in [-0.1, -0.05) is 32.4 Å². The van der Waals surface area contributed by atoms with E-state index in [2.05, 4.69) is 32.2 Å². The Labute approximate surface area is 126 Å². The minimum absolute atomic E-state index is 0.0916. The van der Waals surface area contributed by atoms with Crippen LogP contribution in [0.4, 0.5) is 0 Å². The van der Waals surface area contributed by atoms with Crippen LogP contribution in [0.5, 0.6) is 0 Å². The van der Waals surface area contributed by atoms with E-state index < -0.39 is 0 Å². The molecule has 0 aromatic carbocycles. The lowest BCUT2D eigenvalue weighted by atomic mass is 9.85. The Bertz CT molecular complexity index is 355. The fourth-order valence-electron chi connectivity index (χ4n) is 2.60. The summed E-state index contributed by atoms with van der Waals surface area (Å²) in [6, 6.07) is 4.44. The monoisotopic (exact) mass is 303 g/mol. The summed E-state index contributed by atoms with van der Waals surface area (Å²) >= 11 is 7.70. The van der Waals surface area contributed by atoms with Crippen LogP contribution in [-0.2, 0) is 11.2 Å². The molecular weight excluding hydrogens is 278 g/mol. The summed E-state index contributed by atoms with van der Waals surface area (Å²) in [7, 11) is 1.83. The molecule has 0 aliphatic heterocycles. The molecule has 1 rings (SSSR count). The lowest BCUT2D eigenvalue weighted by Crippen LogP contribution is -2.52. The summed E-state index contributed by atoms with van der Waals surface area (Å²) in [5, 5.41) is 3.66. The molecule has 1 N–H and O–H groups in total. The van der Waals surface area contributed by atoms with Crippen molar-refractivity contribution in [1.29, 1.82) is 0 Å². The molecular formula is C15H26ClNOS. The molecule has 1 unspecified atom stereocenters. The Hall–Kier alpha value is -0.0900. The second kappa shape index (κ2) is 8.25. The highest BCUT2D eigenvalue weighted by Crippen LogP contribution is 2.30. The van der Waals surface area contributed by atoms with Gasteiger partial charge < -0.3 is 10.1 Å². The summed E-state index contributed by atoms with van der Waals surface area (Å²) in [5.74, 6) is 0. The molecule has 0 saturated carbocycles. The van der Waals surface area contributed by atoms with Crippen molar-refractivity contribution in [3.8, 4) is 0 Å². The van der Waals surface area contributed by atoms with E-state index in [1.807, 2.05) is 13.2 Å². The molecule has 1 heterocycles. The molecule has 1 aromatic heterocycles. The van der Waals surface area contributed by atoms with Crippen LogP contribution in [-0.4, -0.2) is 25.3 Å². The van der Waals surface area contributed by atoms with Crippen LogP contribution in [0.15, 0.2) is 12.1 Å². The third kappa shape index (κ3) is 4.45. The second-order valence-corrected chi connectivity index (χ2v) is 6.69. The number of rotatable bonds is 9. The molecule has 110 valence electrons. The third-order valence-electron chi connectivity index (χ3n) is 3.91. The summed E-state index contributed by atoms with van der Waals surface area (Å²) in [4.78, 5) is 1.32. The maximum absolute atomic E-state index is 6.03. The molecule has 2 nitrogen and oxygen atoms in total. The van der Waals surface area contributed by atoms with Gasteiger partial charge in [0.25, 0.3) is 0 Å². The van der Waals surface area contributed by atoms with Gasteiger partial charge >= 0.3 is 0 Å². The van der Waals surface area contributed by atoms with Crippen molar-refractivity contribution in [2.45, 2.75) is 58.1 Å². The van der Waals surface area contributed by atoms with Crippen molar-refractivity contribution < 1.29 is 4.74 Å². The molecule has 0 spiro atoms. The largest absolute Gasteiger partial charge is 0.377 e. The second-order valence-electron chi connectivity index (χ2n) is 4.89. The van der Waals surface area contributed by atoms with Gasteiger partial charge in [0.2, 0.25) is 0 Å². The van der Waals surface area contributed by atoms with Gasteiger partial charge in [-0.15, -0.1) is 11.3 Å². The van der Waals surface area contributed by atoms with Gasteiger partial charge in [-0.25, -0.2) is 0 Å². The van der Waals surface area contributed by atoms with Crippen LogP contribution in [0.25, 0.3) is 0 Å². The minimum atomic E-state index is -0.0916. The number of ether oxygens (including phenoxy) is 1. The van der Waals surface area contributed by atoms with E-state index in [1.54, 1.807) is 11.3 Å². The van der Waals surface area contributed by atoms with E-state index in [0.717, 1.165) is 36.6 Å². The lowest BCUT2D eigenvalue weighted by molar-refractivity contribution is -0.0469. The average molecular weight is 304 g/mol. The number of methoxy groups -OCH3 is 1. The van der Waals surface area contributed by atoms with Crippen LogP contribution in [0.1, 0.15) is 44.9 Å². The van der Waals surface area contributed by atoms with Crippen molar-refractivity contribution in [2.24, 2.45) is 0 Å². The summed E-state index contributed by atoms with van der Waals surface area (Å²) in [6.45, 7) is 7.62. The fourth-order valence-corrected chi connectivity index (χ4v) is 3.73. The van der Waals surface area contributed by atoms with Crippen molar-refractivity contribution >= 4 is 22.9 Å². The topological polar surface area (TPSA) is 21.3 Å². The van der Waals surface area contributed by atoms with E-state index in [-0.39, 0.29) is 5.60 Å².